The van der Waals surface area contributed by atoms with Crippen LogP contribution in [0.5, 0.6) is 5.06 Å². The van der Waals surface area contributed by atoms with Crippen LogP contribution in [-0.4, -0.2) is 48.2 Å². The predicted molar refractivity (Wildman–Crippen MR) is 140 cm³/mol. The number of furan rings is 1. The van der Waals surface area contributed by atoms with Crippen molar-refractivity contribution in [2.45, 2.75) is 31.7 Å². The number of nitrogen functional groups attached to an aromatic ring is 1. The van der Waals surface area contributed by atoms with Crippen molar-refractivity contribution in [2.24, 2.45) is 5.73 Å². The lowest BCUT2D eigenvalue weighted by molar-refractivity contribution is 0.207. The highest BCUT2D eigenvalue weighted by molar-refractivity contribution is 7.21. The quantitative estimate of drug-likeness (QED) is 0.410. The number of pyridine rings is 1. The lowest BCUT2D eigenvalue weighted by atomic mass is 9.99. The van der Waals surface area contributed by atoms with Gasteiger partial charge < -0.3 is 30.4 Å². The number of piperidine rings is 1. The summed E-state index contributed by atoms with van der Waals surface area (Å²) < 4.78 is 11.4. The van der Waals surface area contributed by atoms with E-state index in [1.165, 1.54) is 25.9 Å². The number of anilines is 2. The molecule has 0 radical (unpaired) electrons. The summed E-state index contributed by atoms with van der Waals surface area (Å²) in [7, 11) is 0. The van der Waals surface area contributed by atoms with Gasteiger partial charge in [0.25, 0.3) is 0 Å². The predicted octanol–water partition coefficient (Wildman–Crippen LogP) is 4.69. The van der Waals surface area contributed by atoms with Crippen molar-refractivity contribution in [1.29, 1.82) is 5.26 Å². The van der Waals surface area contributed by atoms with E-state index in [1.54, 1.807) is 0 Å². The number of para-hydroxylation sites is 1. The van der Waals surface area contributed by atoms with Gasteiger partial charge in [-0.2, -0.15) is 5.26 Å². The van der Waals surface area contributed by atoms with Gasteiger partial charge in [-0.1, -0.05) is 29.5 Å². The van der Waals surface area contributed by atoms with E-state index in [2.05, 4.69) is 15.9 Å². The number of amides is 1. The van der Waals surface area contributed by atoms with Crippen LogP contribution in [0.4, 0.5) is 16.3 Å². The van der Waals surface area contributed by atoms with Crippen LogP contribution in [0, 0.1) is 11.3 Å². The Labute approximate surface area is 211 Å². The van der Waals surface area contributed by atoms with Gasteiger partial charge in [-0.15, -0.1) is 0 Å². The summed E-state index contributed by atoms with van der Waals surface area (Å²) in [5.41, 5.74) is 13.6. The molecule has 2 fully saturated rings. The summed E-state index contributed by atoms with van der Waals surface area (Å²) in [6.07, 6.45) is 3.63. The highest BCUT2D eigenvalue weighted by atomic mass is 32.1. The number of carbonyl (C=O) groups excluding carboxylic acids is 1. The van der Waals surface area contributed by atoms with Gasteiger partial charge in [-0.05, 0) is 50.9 Å². The number of fused-ring (bicyclic) bond motifs is 2. The molecule has 4 N–H and O–H groups in total. The molecule has 0 saturated carbocycles. The fourth-order valence-corrected chi connectivity index (χ4v) is 6.48. The largest absolute Gasteiger partial charge is 0.456 e. The molecule has 0 bridgehead atoms. The molecule has 2 aliphatic heterocycles. The molecule has 6 rings (SSSR count). The molecule has 184 valence electrons. The molecule has 1 amide bonds. The SMILES string of the molecule is N#Cc1c(N2CCC(N3CCCC3)CC2)nc2sc(OC(N)=O)c(N)c2c1-c1cc2ccccc2o1. The number of aromatic nitrogens is 1. The van der Waals surface area contributed by atoms with E-state index >= 15 is 0 Å². The third-order valence-electron chi connectivity index (χ3n) is 7.22. The fraction of sp³-hybridized carbons (Fsp3) is 0.346. The maximum absolute atomic E-state index is 11.5. The zero-order valence-corrected chi connectivity index (χ0v) is 20.5. The van der Waals surface area contributed by atoms with Crippen molar-refractivity contribution in [3.05, 3.63) is 35.9 Å². The minimum absolute atomic E-state index is 0.163. The van der Waals surface area contributed by atoms with E-state index in [0.29, 0.717) is 44.5 Å². The number of nitrogens with zero attached hydrogens (tertiary/aromatic N) is 4. The number of likely N-dealkylation sites (tertiary alicyclic amines) is 1. The molecule has 5 heterocycles. The zero-order valence-electron chi connectivity index (χ0n) is 19.7. The molecule has 1 aromatic carbocycles. The van der Waals surface area contributed by atoms with E-state index in [9.17, 15) is 10.1 Å². The molecule has 0 spiro atoms. The molecule has 0 unspecified atom stereocenters. The average molecular weight is 503 g/mol. The average Bonchev–Trinajstić information content (AvgIpc) is 3.62. The number of nitrogens with two attached hydrogens (primary N) is 2. The zero-order chi connectivity index (χ0) is 24.8. The first-order chi connectivity index (χ1) is 17.5. The van der Waals surface area contributed by atoms with Crippen LogP contribution < -0.4 is 21.1 Å². The van der Waals surface area contributed by atoms with E-state index in [4.69, 9.17) is 25.6 Å². The molecule has 2 aliphatic rings. The van der Waals surface area contributed by atoms with Crippen LogP contribution in [0.15, 0.2) is 34.7 Å². The molecular weight excluding hydrogens is 476 g/mol. The van der Waals surface area contributed by atoms with Gasteiger partial charge in [0.15, 0.2) is 0 Å². The molecule has 0 atom stereocenters. The van der Waals surface area contributed by atoms with Crippen molar-refractivity contribution < 1.29 is 13.9 Å². The Morgan fingerprint density at radius 2 is 1.94 bits per heavy atom. The van der Waals surface area contributed by atoms with Crippen LogP contribution in [0.1, 0.15) is 31.2 Å². The Morgan fingerprint density at radius 1 is 1.19 bits per heavy atom. The molecule has 3 aromatic heterocycles. The van der Waals surface area contributed by atoms with Gasteiger partial charge >= 0.3 is 6.09 Å². The highest BCUT2D eigenvalue weighted by Gasteiger charge is 2.31. The highest BCUT2D eigenvalue weighted by Crippen LogP contribution is 2.48. The summed E-state index contributed by atoms with van der Waals surface area (Å²) in [6.45, 7) is 3.95. The van der Waals surface area contributed by atoms with Gasteiger partial charge in [0.05, 0.1) is 16.6 Å². The second-order valence-electron chi connectivity index (χ2n) is 9.31. The molecular formula is C26H26N6O3S. The number of thiophene rings is 1. The minimum Gasteiger partial charge on any atom is -0.456 e. The normalized spacial score (nSPS) is 17.1. The van der Waals surface area contributed by atoms with Gasteiger partial charge in [0, 0.05) is 24.5 Å². The molecule has 4 aromatic rings. The maximum Gasteiger partial charge on any atom is 0.410 e. The molecule has 10 heteroatoms. The van der Waals surface area contributed by atoms with E-state index in [1.807, 2.05) is 30.3 Å². The summed E-state index contributed by atoms with van der Waals surface area (Å²) in [6, 6.07) is 12.5. The number of hydrogen-bond acceptors (Lipinski definition) is 9. The lowest BCUT2D eigenvalue weighted by Gasteiger charge is -2.37. The van der Waals surface area contributed by atoms with Gasteiger partial charge in [-0.25, -0.2) is 9.78 Å². The summed E-state index contributed by atoms with van der Waals surface area (Å²) in [5, 5.41) is 12.0. The third kappa shape index (κ3) is 3.81. The van der Waals surface area contributed by atoms with Crippen LogP contribution in [-0.2, 0) is 0 Å². The topological polar surface area (TPSA) is 135 Å². The Morgan fingerprint density at radius 3 is 2.64 bits per heavy atom. The van der Waals surface area contributed by atoms with Gasteiger partial charge in [-0.3, -0.25) is 0 Å². The number of ether oxygens (including phenoxy) is 1. The molecule has 9 nitrogen and oxygen atoms in total. The molecule has 0 aliphatic carbocycles. The Hall–Kier alpha value is -3.81. The summed E-state index contributed by atoms with van der Waals surface area (Å²) in [4.78, 5) is 21.7. The first-order valence-electron chi connectivity index (χ1n) is 12.1. The van der Waals surface area contributed by atoms with Crippen LogP contribution in [0.3, 0.4) is 0 Å². The lowest BCUT2D eigenvalue weighted by Crippen LogP contribution is -2.44. The number of carbonyl (C=O) groups is 1. The van der Waals surface area contributed by atoms with Gasteiger partial charge in [0.2, 0.25) is 5.06 Å². The third-order valence-corrected chi connectivity index (χ3v) is 8.20. The molecule has 2 saturated heterocycles. The van der Waals surface area contributed by atoms with Crippen LogP contribution >= 0.6 is 11.3 Å². The number of primary amides is 1. The minimum atomic E-state index is -0.955. The van der Waals surface area contributed by atoms with Crippen LogP contribution in [0.25, 0.3) is 32.5 Å². The number of nitriles is 1. The monoisotopic (exact) mass is 502 g/mol. The van der Waals surface area contributed by atoms with Crippen molar-refractivity contribution in [3.63, 3.8) is 0 Å². The molecule has 36 heavy (non-hydrogen) atoms. The second-order valence-corrected chi connectivity index (χ2v) is 10.3. The van der Waals surface area contributed by atoms with E-state index in [-0.39, 0.29) is 10.8 Å². The summed E-state index contributed by atoms with van der Waals surface area (Å²) >= 11 is 1.14. The van der Waals surface area contributed by atoms with Crippen molar-refractivity contribution >= 4 is 50.1 Å². The van der Waals surface area contributed by atoms with E-state index < -0.39 is 6.09 Å². The first kappa shape index (κ1) is 22.6. The smallest absolute Gasteiger partial charge is 0.410 e. The first-order valence-corrected chi connectivity index (χ1v) is 13.0. The summed E-state index contributed by atoms with van der Waals surface area (Å²) in [5.74, 6) is 1.12. The Bertz CT molecular complexity index is 1470. The standard InChI is InChI=1S/C26H26N6O3S/c27-14-17-20(19-13-15-5-1-2-6-18(15)34-19)21-22(28)25(35-26(29)33)36-24(21)30-23(17)32-11-7-16(8-12-32)31-9-3-4-10-31/h1-2,5-6,13,16H,3-4,7-12,28H2,(H2,29,33). The number of rotatable bonds is 4. The number of hydrogen-bond donors (Lipinski definition) is 2. The van der Waals surface area contributed by atoms with E-state index in [0.717, 1.165) is 42.7 Å². The van der Waals surface area contributed by atoms with Crippen LogP contribution in [0.2, 0.25) is 0 Å². The maximum atomic E-state index is 11.5. The fourth-order valence-electron chi connectivity index (χ4n) is 5.52. The van der Waals surface area contributed by atoms with Crippen molar-refractivity contribution in [1.82, 2.24) is 9.88 Å². The Kier molecular flexibility index (Phi) is 5.66. The van der Waals surface area contributed by atoms with Gasteiger partial charge in [0.1, 0.15) is 33.6 Å². The Balaban J connectivity index is 1.49. The van der Waals surface area contributed by atoms with Crippen molar-refractivity contribution in [2.75, 3.05) is 36.8 Å². The van der Waals surface area contributed by atoms with Crippen molar-refractivity contribution in [3.8, 4) is 22.5 Å². The second kappa shape index (κ2) is 9.00. The number of benzene rings is 1.